The molecule has 2 aliphatic heterocycles. The topological polar surface area (TPSA) is 128 Å². The van der Waals surface area contributed by atoms with Crippen molar-refractivity contribution >= 4 is 23.5 Å². The van der Waals surface area contributed by atoms with E-state index >= 15 is 0 Å². The van der Waals surface area contributed by atoms with Crippen LogP contribution in [0.25, 0.3) is 0 Å². The Bertz CT molecular complexity index is 1060. The molecule has 0 radical (unpaired) electrons. The van der Waals surface area contributed by atoms with Crippen LogP contribution >= 0.6 is 11.6 Å². The molecule has 3 heterocycles. The molecule has 0 atom stereocenters. The van der Waals surface area contributed by atoms with Gasteiger partial charge in [-0.1, -0.05) is 25.7 Å². The van der Waals surface area contributed by atoms with Gasteiger partial charge in [0.25, 0.3) is 0 Å². The molecule has 4 N–H and O–H groups in total. The maximum absolute atomic E-state index is 10.2. The van der Waals surface area contributed by atoms with E-state index in [4.69, 9.17) is 21.3 Å². The molecule has 284 valence electrons. The van der Waals surface area contributed by atoms with Gasteiger partial charge in [-0.05, 0) is 145 Å². The average molecular weight is 712 g/mol. The molecule has 49 heavy (non-hydrogen) atoms. The van der Waals surface area contributed by atoms with Crippen LogP contribution in [0.3, 0.4) is 0 Å². The van der Waals surface area contributed by atoms with Gasteiger partial charge in [-0.15, -0.1) is 0 Å². The number of rotatable bonds is 18. The first-order valence-corrected chi connectivity index (χ1v) is 19.0. The maximum Gasteiger partial charge on any atom is 0.228 e. The second-order valence-corrected chi connectivity index (χ2v) is 19.0. The summed E-state index contributed by atoms with van der Waals surface area (Å²) >= 11 is 6.26. The second kappa shape index (κ2) is 16.6. The number of hydroxylamine groups is 4. The SMILES string of the molecule is CC(C)(O)CON1C(C)(C)CC(CCCCNc2nc(Cl)nc(NCCCCC3CC(C)(C)N(OCC(C)(C)O)C(C)(C)C3)n2)CC1(C)C. The van der Waals surface area contributed by atoms with Gasteiger partial charge in [0.05, 0.1) is 24.4 Å². The highest BCUT2D eigenvalue weighted by atomic mass is 35.5. The van der Waals surface area contributed by atoms with Crippen molar-refractivity contribution in [3.8, 4) is 0 Å². The van der Waals surface area contributed by atoms with Crippen LogP contribution in [0.4, 0.5) is 11.9 Å². The predicted molar refractivity (Wildman–Crippen MR) is 199 cm³/mol. The van der Waals surface area contributed by atoms with Crippen LogP contribution in [0.5, 0.6) is 0 Å². The van der Waals surface area contributed by atoms with Gasteiger partial charge in [0.1, 0.15) is 0 Å². The number of nitrogens with one attached hydrogen (secondary N) is 2. The minimum absolute atomic E-state index is 0.110. The van der Waals surface area contributed by atoms with Gasteiger partial charge in [-0.25, -0.2) is 0 Å². The fourth-order valence-corrected chi connectivity index (χ4v) is 8.68. The van der Waals surface area contributed by atoms with Crippen LogP contribution in [-0.2, 0) is 9.68 Å². The van der Waals surface area contributed by atoms with Crippen molar-refractivity contribution in [3.05, 3.63) is 5.28 Å². The molecule has 2 fully saturated rings. The van der Waals surface area contributed by atoms with Crippen LogP contribution in [0.15, 0.2) is 0 Å². The molecular formula is C37H70ClN7O4. The van der Waals surface area contributed by atoms with Gasteiger partial charge in [-0.2, -0.15) is 25.1 Å². The standard InChI is InChI=1S/C37H70ClN7O4/c1-32(2)21-27(22-33(3,4)44(32)48-25-36(9,10)46)17-13-15-19-39-30-41-29(38)42-31(43-30)40-20-16-14-18-28-23-34(5,6)45(35(7,8)24-28)49-26-37(11,12)47/h27-28,46-47H,13-26H2,1-12H3,(H2,39,40,41,42,43). The van der Waals surface area contributed by atoms with Crippen molar-refractivity contribution in [2.24, 2.45) is 11.8 Å². The van der Waals surface area contributed by atoms with E-state index in [1.54, 1.807) is 27.7 Å². The molecule has 0 amide bonds. The Kier molecular flexibility index (Phi) is 14.2. The summed E-state index contributed by atoms with van der Waals surface area (Å²) in [6, 6.07) is 0. The van der Waals surface area contributed by atoms with Gasteiger partial charge in [-0.3, -0.25) is 9.68 Å². The Morgan fingerprint density at radius 3 is 1.27 bits per heavy atom. The summed E-state index contributed by atoms with van der Waals surface area (Å²) in [5, 5.41) is 31.5. The normalized spacial score (nSPS) is 21.9. The monoisotopic (exact) mass is 712 g/mol. The van der Waals surface area contributed by atoms with Gasteiger partial charge >= 0.3 is 0 Å². The fraction of sp³-hybridized carbons (Fsp3) is 0.919. The summed E-state index contributed by atoms with van der Waals surface area (Å²) in [4.78, 5) is 25.5. The van der Waals surface area contributed by atoms with E-state index in [0.29, 0.717) is 23.7 Å². The smallest absolute Gasteiger partial charge is 0.228 e. The molecule has 0 bridgehead atoms. The molecule has 2 saturated heterocycles. The number of piperidine rings is 2. The average Bonchev–Trinajstić information content (AvgIpc) is 2.88. The number of aliphatic hydroxyl groups is 2. The highest BCUT2D eigenvalue weighted by Gasteiger charge is 2.48. The Balaban J connectivity index is 1.37. The predicted octanol–water partition coefficient (Wildman–Crippen LogP) is 7.63. The van der Waals surface area contributed by atoms with Crippen LogP contribution in [0.2, 0.25) is 5.28 Å². The summed E-state index contributed by atoms with van der Waals surface area (Å²) in [5.41, 5.74) is -2.16. The fourth-order valence-electron chi connectivity index (χ4n) is 8.52. The quantitative estimate of drug-likeness (QED) is 0.112. The van der Waals surface area contributed by atoms with E-state index < -0.39 is 11.2 Å². The van der Waals surface area contributed by atoms with Crippen molar-refractivity contribution in [3.63, 3.8) is 0 Å². The number of hydrogen-bond donors (Lipinski definition) is 4. The molecule has 1 aromatic rings. The largest absolute Gasteiger partial charge is 0.388 e. The Hall–Kier alpha value is -1.34. The van der Waals surface area contributed by atoms with Gasteiger partial charge in [0.15, 0.2) is 0 Å². The summed E-state index contributed by atoms with van der Waals surface area (Å²) < 4.78 is 0. The Morgan fingerprint density at radius 1 is 0.633 bits per heavy atom. The number of unbranched alkanes of at least 4 members (excludes halogenated alkanes) is 2. The first kappa shape index (κ1) is 42.1. The minimum atomic E-state index is -0.861. The van der Waals surface area contributed by atoms with Crippen LogP contribution in [0.1, 0.15) is 147 Å². The first-order chi connectivity index (χ1) is 22.4. The molecule has 12 heteroatoms. The summed E-state index contributed by atoms with van der Waals surface area (Å²) in [6.45, 7) is 27.2. The zero-order valence-electron chi connectivity index (χ0n) is 32.9. The number of nitrogens with zero attached hydrogens (tertiary/aromatic N) is 5. The Morgan fingerprint density at radius 2 is 0.959 bits per heavy atom. The second-order valence-electron chi connectivity index (χ2n) is 18.7. The zero-order valence-corrected chi connectivity index (χ0v) is 33.6. The minimum Gasteiger partial charge on any atom is -0.388 e. The van der Waals surface area contributed by atoms with Crippen molar-refractivity contribution in [1.29, 1.82) is 0 Å². The van der Waals surface area contributed by atoms with E-state index in [1.807, 2.05) is 0 Å². The molecule has 0 aromatic carbocycles. The number of aromatic nitrogens is 3. The van der Waals surface area contributed by atoms with Crippen LogP contribution in [0, 0.1) is 11.8 Å². The molecule has 3 rings (SSSR count). The molecule has 0 spiro atoms. The Labute approximate surface area is 302 Å². The number of halogens is 1. The first-order valence-electron chi connectivity index (χ1n) is 18.6. The van der Waals surface area contributed by atoms with E-state index in [1.165, 1.54) is 0 Å². The van der Waals surface area contributed by atoms with Gasteiger partial charge in [0.2, 0.25) is 17.2 Å². The lowest BCUT2D eigenvalue weighted by Gasteiger charge is -2.54. The molecular weight excluding hydrogens is 642 g/mol. The third kappa shape index (κ3) is 13.6. The van der Waals surface area contributed by atoms with Crippen molar-refractivity contribution in [2.45, 2.75) is 181 Å². The van der Waals surface area contributed by atoms with E-state index in [0.717, 1.165) is 77.3 Å². The van der Waals surface area contributed by atoms with Crippen LogP contribution in [-0.4, -0.2) is 95.0 Å². The number of hydrogen-bond acceptors (Lipinski definition) is 11. The summed E-state index contributed by atoms with van der Waals surface area (Å²) in [7, 11) is 0. The van der Waals surface area contributed by atoms with E-state index in [2.05, 4.69) is 91.1 Å². The van der Waals surface area contributed by atoms with Gasteiger partial charge < -0.3 is 20.8 Å². The van der Waals surface area contributed by atoms with Crippen molar-refractivity contribution in [2.75, 3.05) is 36.9 Å². The lowest BCUT2D eigenvalue weighted by molar-refractivity contribution is -0.302. The van der Waals surface area contributed by atoms with Gasteiger partial charge in [0, 0.05) is 35.2 Å². The highest BCUT2D eigenvalue weighted by molar-refractivity contribution is 6.28. The molecule has 11 nitrogen and oxygen atoms in total. The molecule has 0 aliphatic carbocycles. The maximum atomic E-state index is 10.2. The lowest BCUT2D eigenvalue weighted by Crippen LogP contribution is -2.61. The van der Waals surface area contributed by atoms with E-state index in [9.17, 15) is 10.2 Å². The zero-order chi connectivity index (χ0) is 36.9. The highest BCUT2D eigenvalue weighted by Crippen LogP contribution is 2.44. The third-order valence-corrected chi connectivity index (χ3v) is 9.87. The number of anilines is 2. The van der Waals surface area contributed by atoms with Crippen molar-refractivity contribution < 1.29 is 19.9 Å². The molecule has 0 unspecified atom stereocenters. The molecule has 2 aliphatic rings. The summed E-state index contributed by atoms with van der Waals surface area (Å²) in [5.74, 6) is 2.23. The molecule has 1 aromatic heterocycles. The lowest BCUT2D eigenvalue weighted by atomic mass is 9.73. The third-order valence-electron chi connectivity index (χ3n) is 9.70. The summed E-state index contributed by atoms with van der Waals surface area (Å²) in [6.07, 6.45) is 10.8. The van der Waals surface area contributed by atoms with Crippen molar-refractivity contribution in [1.82, 2.24) is 25.1 Å². The molecule has 0 saturated carbocycles. The van der Waals surface area contributed by atoms with Crippen LogP contribution < -0.4 is 10.6 Å². The van der Waals surface area contributed by atoms with E-state index in [-0.39, 0.29) is 40.7 Å².